The molecule has 0 saturated heterocycles. The molecule has 2 aromatic heterocycles. The van der Waals surface area contributed by atoms with E-state index in [-0.39, 0.29) is 0 Å². The van der Waals surface area contributed by atoms with Crippen molar-refractivity contribution in [3.05, 3.63) is 182 Å². The number of thiophene rings is 1. The highest BCUT2D eigenvalue weighted by atomic mass is 32.1. The molecule has 53 heavy (non-hydrogen) atoms. The highest BCUT2D eigenvalue weighted by molar-refractivity contribution is 7.26. The molecule has 3 heteroatoms. The maximum absolute atomic E-state index is 5.34. The molecule has 0 radical (unpaired) electrons. The zero-order valence-electron chi connectivity index (χ0n) is 28.6. The summed E-state index contributed by atoms with van der Waals surface area (Å²) in [6.45, 7) is 0. The number of rotatable bonds is 5. The fraction of sp³-hybridized carbons (Fsp3) is 0. The van der Waals surface area contributed by atoms with Crippen LogP contribution in [-0.4, -0.2) is 9.97 Å². The maximum atomic E-state index is 5.34. The number of hydrogen-bond acceptors (Lipinski definition) is 3. The van der Waals surface area contributed by atoms with Gasteiger partial charge in [0.05, 0.1) is 15.9 Å². The van der Waals surface area contributed by atoms with Crippen molar-refractivity contribution in [2.45, 2.75) is 0 Å². The van der Waals surface area contributed by atoms with Crippen molar-refractivity contribution in [2.24, 2.45) is 0 Å². The molecule has 246 valence electrons. The normalized spacial score (nSPS) is 11.8. The summed E-state index contributed by atoms with van der Waals surface area (Å²) in [5.41, 5.74) is 16.4. The lowest BCUT2D eigenvalue weighted by Crippen LogP contribution is -1.94. The number of aromatic nitrogens is 2. The van der Waals surface area contributed by atoms with Gasteiger partial charge >= 0.3 is 0 Å². The summed E-state index contributed by atoms with van der Waals surface area (Å²) < 4.78 is 2.32. The molecule has 0 atom stereocenters. The van der Waals surface area contributed by atoms with Gasteiger partial charge in [0.25, 0.3) is 0 Å². The third kappa shape index (κ3) is 4.86. The van der Waals surface area contributed by atoms with Crippen molar-refractivity contribution >= 4 is 42.4 Å². The molecular weight excluding hydrogens is 661 g/mol. The van der Waals surface area contributed by atoms with E-state index >= 15 is 0 Å². The van der Waals surface area contributed by atoms with Crippen molar-refractivity contribution in [1.82, 2.24) is 9.97 Å². The summed E-state index contributed by atoms with van der Waals surface area (Å²) in [5.74, 6) is 0.728. The van der Waals surface area contributed by atoms with E-state index < -0.39 is 0 Å². The Bertz CT molecular complexity index is 3040. The Labute approximate surface area is 311 Å². The van der Waals surface area contributed by atoms with E-state index in [9.17, 15) is 0 Å². The van der Waals surface area contributed by atoms with Crippen LogP contribution in [0.4, 0.5) is 0 Å². The van der Waals surface area contributed by atoms with Gasteiger partial charge in [0.2, 0.25) is 0 Å². The zero-order chi connectivity index (χ0) is 34.9. The van der Waals surface area contributed by atoms with E-state index in [2.05, 4.69) is 182 Å². The first-order valence-corrected chi connectivity index (χ1v) is 18.8. The zero-order valence-corrected chi connectivity index (χ0v) is 29.4. The number of nitrogens with zero attached hydrogens (tertiary/aromatic N) is 2. The lowest BCUT2D eigenvalue weighted by Gasteiger charge is -2.12. The summed E-state index contributed by atoms with van der Waals surface area (Å²) >= 11 is 1.77. The molecule has 10 aromatic rings. The SMILES string of the molecule is c1ccc(-c2cccc(-c3nc(-c4cccc(-c5cccc(-c6ccc7c8c(cccc68)-c6ccccc6-7)c5)c4)nc4c3sc3ccccc34)c2)cc1. The Hall–Kier alpha value is -6.68. The summed E-state index contributed by atoms with van der Waals surface area (Å²) in [6.07, 6.45) is 0. The Morgan fingerprint density at radius 3 is 1.68 bits per heavy atom. The van der Waals surface area contributed by atoms with Gasteiger partial charge in [-0.1, -0.05) is 158 Å². The molecule has 0 spiro atoms. The Balaban J connectivity index is 1.03. The molecule has 1 aliphatic carbocycles. The van der Waals surface area contributed by atoms with Crippen LogP contribution in [0.25, 0.3) is 109 Å². The van der Waals surface area contributed by atoms with Crippen molar-refractivity contribution in [3.63, 3.8) is 0 Å². The molecule has 0 aliphatic heterocycles. The van der Waals surface area contributed by atoms with Gasteiger partial charge in [-0.05, 0) is 90.7 Å². The third-order valence-corrected chi connectivity index (χ3v) is 11.8. The van der Waals surface area contributed by atoms with E-state index in [4.69, 9.17) is 9.97 Å². The van der Waals surface area contributed by atoms with Crippen LogP contribution in [0.15, 0.2) is 182 Å². The summed E-state index contributed by atoms with van der Waals surface area (Å²) in [6, 6.07) is 65.5. The first kappa shape index (κ1) is 30.0. The molecule has 0 unspecified atom stereocenters. The van der Waals surface area contributed by atoms with E-state index in [0.29, 0.717) is 0 Å². The molecule has 8 aromatic carbocycles. The summed E-state index contributed by atoms with van der Waals surface area (Å²) in [7, 11) is 0. The summed E-state index contributed by atoms with van der Waals surface area (Å²) in [5, 5.41) is 3.79. The van der Waals surface area contributed by atoms with Crippen LogP contribution in [0, 0.1) is 0 Å². The number of hydrogen-bond donors (Lipinski definition) is 0. The Morgan fingerprint density at radius 2 is 0.868 bits per heavy atom. The van der Waals surface area contributed by atoms with Crippen molar-refractivity contribution < 1.29 is 0 Å². The lowest BCUT2D eigenvalue weighted by atomic mass is 9.92. The maximum Gasteiger partial charge on any atom is 0.160 e. The van der Waals surface area contributed by atoms with Crippen LogP contribution < -0.4 is 0 Å². The average molecular weight is 691 g/mol. The predicted octanol–water partition coefficient (Wildman–Crippen LogP) is 14.0. The molecule has 0 bridgehead atoms. The van der Waals surface area contributed by atoms with Gasteiger partial charge in [-0.3, -0.25) is 0 Å². The van der Waals surface area contributed by atoms with Gasteiger partial charge in [0.15, 0.2) is 5.82 Å². The van der Waals surface area contributed by atoms with E-state index in [1.807, 2.05) is 0 Å². The van der Waals surface area contributed by atoms with Gasteiger partial charge in [-0.25, -0.2) is 9.97 Å². The topological polar surface area (TPSA) is 25.8 Å². The largest absolute Gasteiger partial charge is 0.226 e. The van der Waals surface area contributed by atoms with Gasteiger partial charge in [0.1, 0.15) is 0 Å². The van der Waals surface area contributed by atoms with Crippen molar-refractivity contribution in [1.29, 1.82) is 0 Å². The van der Waals surface area contributed by atoms with E-state index in [1.54, 1.807) is 11.3 Å². The molecule has 0 fully saturated rings. The Kier molecular flexibility index (Phi) is 6.76. The van der Waals surface area contributed by atoms with Crippen LogP contribution >= 0.6 is 11.3 Å². The number of fused-ring (bicyclic) bond motifs is 6. The standard InChI is InChI=1S/C50H30N2S/c1-2-12-31(13-3-1)32-14-9-18-36(29-32)47-49-48(44-22-6-7-25-45(44)53-49)52-50(51-47)37-19-10-16-34(30-37)33-15-8-17-35(28-33)38-26-27-43-40-21-5-4-20-39(40)42-24-11-23-41(38)46(42)43/h1-30H. The highest BCUT2D eigenvalue weighted by Gasteiger charge is 2.22. The van der Waals surface area contributed by atoms with Crippen LogP contribution in [0.1, 0.15) is 0 Å². The van der Waals surface area contributed by atoms with Gasteiger partial charge in [-0.15, -0.1) is 11.3 Å². The third-order valence-electron chi connectivity index (χ3n) is 10.6. The predicted molar refractivity (Wildman–Crippen MR) is 224 cm³/mol. The fourth-order valence-corrected chi connectivity index (χ4v) is 9.31. The molecule has 2 heterocycles. The highest BCUT2D eigenvalue weighted by Crippen LogP contribution is 2.49. The van der Waals surface area contributed by atoms with E-state index in [0.717, 1.165) is 49.4 Å². The average Bonchev–Trinajstić information content (AvgIpc) is 3.78. The van der Waals surface area contributed by atoms with Crippen molar-refractivity contribution in [3.8, 4) is 78.3 Å². The second-order valence-corrected chi connectivity index (χ2v) is 14.8. The molecule has 2 nitrogen and oxygen atoms in total. The molecule has 0 amide bonds. The molecule has 0 saturated carbocycles. The second-order valence-electron chi connectivity index (χ2n) is 13.7. The Morgan fingerprint density at radius 1 is 0.340 bits per heavy atom. The lowest BCUT2D eigenvalue weighted by molar-refractivity contribution is 1.24. The minimum Gasteiger partial charge on any atom is -0.226 e. The smallest absolute Gasteiger partial charge is 0.160 e. The summed E-state index contributed by atoms with van der Waals surface area (Å²) in [4.78, 5) is 10.6. The first-order valence-electron chi connectivity index (χ1n) is 18.0. The van der Waals surface area contributed by atoms with Gasteiger partial charge in [0, 0.05) is 21.2 Å². The van der Waals surface area contributed by atoms with Crippen LogP contribution in [-0.2, 0) is 0 Å². The number of benzene rings is 8. The molecule has 11 rings (SSSR count). The van der Waals surface area contributed by atoms with Gasteiger partial charge in [-0.2, -0.15) is 0 Å². The molecular formula is C50H30N2S. The molecule has 1 aliphatic rings. The minimum atomic E-state index is 0.728. The fourth-order valence-electron chi connectivity index (χ4n) is 8.16. The van der Waals surface area contributed by atoms with E-state index in [1.165, 1.54) is 60.0 Å². The monoisotopic (exact) mass is 690 g/mol. The molecule has 0 N–H and O–H groups in total. The van der Waals surface area contributed by atoms with Crippen molar-refractivity contribution in [2.75, 3.05) is 0 Å². The van der Waals surface area contributed by atoms with Crippen LogP contribution in [0.5, 0.6) is 0 Å². The van der Waals surface area contributed by atoms with Crippen LogP contribution in [0.3, 0.4) is 0 Å². The first-order chi connectivity index (χ1) is 26.3. The van der Waals surface area contributed by atoms with Gasteiger partial charge < -0.3 is 0 Å². The second kappa shape index (κ2) is 11.9. The minimum absolute atomic E-state index is 0.728. The van der Waals surface area contributed by atoms with Crippen LogP contribution in [0.2, 0.25) is 0 Å². The quantitative estimate of drug-likeness (QED) is 0.180.